The van der Waals surface area contributed by atoms with Gasteiger partial charge in [0.25, 0.3) is 0 Å². The van der Waals surface area contributed by atoms with E-state index in [0.29, 0.717) is 36.9 Å². The number of carbonyl (C=O) groups is 2. The number of ether oxygens (including phenoxy) is 3. The molecular formula is C18H27N3O5. The first-order valence-electron chi connectivity index (χ1n) is 8.61. The third-order valence-electron chi connectivity index (χ3n) is 4.24. The van der Waals surface area contributed by atoms with Gasteiger partial charge in [-0.05, 0) is 12.1 Å². The topological polar surface area (TPSA) is 80.3 Å². The van der Waals surface area contributed by atoms with Gasteiger partial charge in [0.1, 0.15) is 0 Å². The molecule has 8 heteroatoms. The first kappa shape index (κ1) is 20.0. The molecule has 2 rings (SSSR count). The Bertz CT molecular complexity index is 617. The van der Waals surface area contributed by atoms with E-state index in [0.717, 1.165) is 19.6 Å². The minimum absolute atomic E-state index is 0.00795. The number of hydrogen-bond acceptors (Lipinski definition) is 6. The van der Waals surface area contributed by atoms with Gasteiger partial charge in [-0.15, -0.1) is 0 Å². The van der Waals surface area contributed by atoms with Crippen LogP contribution in [0.1, 0.15) is 6.92 Å². The second kappa shape index (κ2) is 9.98. The van der Waals surface area contributed by atoms with Crippen molar-refractivity contribution >= 4 is 17.5 Å². The van der Waals surface area contributed by atoms with Crippen LogP contribution in [0, 0.1) is 0 Å². The largest absolute Gasteiger partial charge is 0.493 e. The zero-order valence-corrected chi connectivity index (χ0v) is 15.6. The van der Waals surface area contributed by atoms with Crippen LogP contribution in [-0.2, 0) is 14.3 Å². The Kier molecular flexibility index (Phi) is 7.68. The summed E-state index contributed by atoms with van der Waals surface area (Å²) in [5.74, 6) is 0.734. The Morgan fingerprint density at radius 2 is 1.88 bits per heavy atom. The predicted octanol–water partition coefficient (Wildman–Crippen LogP) is 0.823. The summed E-state index contributed by atoms with van der Waals surface area (Å²) in [5.41, 5.74) is 0.587. The van der Waals surface area contributed by atoms with Gasteiger partial charge in [0, 0.05) is 44.9 Å². The summed E-state index contributed by atoms with van der Waals surface area (Å²) in [6, 6.07) is 5.13. The SMILES string of the molecule is COc1ccc(NC(=O)CN(CCN2CCOCC2)C(C)=O)cc1OC. The van der Waals surface area contributed by atoms with Crippen molar-refractivity contribution in [2.24, 2.45) is 0 Å². The molecule has 144 valence electrons. The smallest absolute Gasteiger partial charge is 0.243 e. The van der Waals surface area contributed by atoms with E-state index in [1.807, 2.05) is 0 Å². The van der Waals surface area contributed by atoms with Gasteiger partial charge in [0.15, 0.2) is 11.5 Å². The van der Waals surface area contributed by atoms with Crippen molar-refractivity contribution in [3.63, 3.8) is 0 Å². The van der Waals surface area contributed by atoms with E-state index in [-0.39, 0.29) is 18.4 Å². The summed E-state index contributed by atoms with van der Waals surface area (Å²) in [4.78, 5) is 28.0. The van der Waals surface area contributed by atoms with Gasteiger partial charge < -0.3 is 24.4 Å². The Morgan fingerprint density at radius 3 is 2.50 bits per heavy atom. The molecule has 1 N–H and O–H groups in total. The lowest BCUT2D eigenvalue weighted by atomic mass is 10.2. The molecular weight excluding hydrogens is 338 g/mol. The molecule has 0 radical (unpaired) electrons. The number of hydrogen-bond donors (Lipinski definition) is 1. The number of morpholine rings is 1. The molecule has 1 aromatic rings. The first-order chi connectivity index (χ1) is 12.5. The number of methoxy groups -OCH3 is 2. The van der Waals surface area contributed by atoms with Crippen LogP contribution in [0.4, 0.5) is 5.69 Å². The average molecular weight is 365 g/mol. The maximum absolute atomic E-state index is 12.3. The lowest BCUT2D eigenvalue weighted by Crippen LogP contribution is -2.44. The molecule has 1 saturated heterocycles. The Morgan fingerprint density at radius 1 is 1.19 bits per heavy atom. The van der Waals surface area contributed by atoms with E-state index in [1.165, 1.54) is 14.0 Å². The van der Waals surface area contributed by atoms with E-state index in [4.69, 9.17) is 14.2 Å². The fourth-order valence-electron chi connectivity index (χ4n) is 2.72. The fraction of sp³-hybridized carbons (Fsp3) is 0.556. The van der Waals surface area contributed by atoms with Crippen molar-refractivity contribution < 1.29 is 23.8 Å². The molecule has 1 aliphatic heterocycles. The van der Waals surface area contributed by atoms with Gasteiger partial charge >= 0.3 is 0 Å². The van der Waals surface area contributed by atoms with E-state index < -0.39 is 0 Å². The van der Waals surface area contributed by atoms with Gasteiger partial charge in [0.05, 0.1) is 34.0 Å². The Labute approximate surface area is 154 Å². The molecule has 0 aliphatic carbocycles. The fourth-order valence-corrected chi connectivity index (χ4v) is 2.72. The molecule has 1 aromatic carbocycles. The molecule has 2 amide bonds. The van der Waals surface area contributed by atoms with Crippen LogP contribution < -0.4 is 14.8 Å². The molecule has 0 unspecified atom stereocenters. The highest BCUT2D eigenvalue weighted by molar-refractivity contribution is 5.94. The van der Waals surface area contributed by atoms with E-state index in [9.17, 15) is 9.59 Å². The summed E-state index contributed by atoms with van der Waals surface area (Å²) in [6.45, 7) is 5.84. The maximum atomic E-state index is 12.3. The number of anilines is 1. The molecule has 1 aliphatic rings. The third-order valence-corrected chi connectivity index (χ3v) is 4.24. The van der Waals surface area contributed by atoms with E-state index in [2.05, 4.69) is 10.2 Å². The van der Waals surface area contributed by atoms with Gasteiger partial charge in [0.2, 0.25) is 11.8 Å². The summed E-state index contributed by atoms with van der Waals surface area (Å²) >= 11 is 0. The second-order valence-electron chi connectivity index (χ2n) is 6.01. The number of nitrogens with zero attached hydrogens (tertiary/aromatic N) is 2. The lowest BCUT2D eigenvalue weighted by Gasteiger charge is -2.29. The van der Waals surface area contributed by atoms with Crippen LogP contribution in [-0.4, -0.2) is 81.8 Å². The first-order valence-corrected chi connectivity index (χ1v) is 8.61. The summed E-state index contributed by atoms with van der Waals surface area (Å²) < 4.78 is 15.7. The van der Waals surface area contributed by atoms with Crippen LogP contribution in [0.3, 0.4) is 0 Å². The summed E-state index contributed by atoms with van der Waals surface area (Å²) in [7, 11) is 3.09. The Balaban J connectivity index is 1.89. The molecule has 1 fully saturated rings. The van der Waals surface area contributed by atoms with Crippen LogP contribution in [0.5, 0.6) is 11.5 Å². The minimum Gasteiger partial charge on any atom is -0.493 e. The molecule has 0 saturated carbocycles. The minimum atomic E-state index is -0.255. The molecule has 0 aromatic heterocycles. The lowest BCUT2D eigenvalue weighted by molar-refractivity contribution is -0.133. The summed E-state index contributed by atoms with van der Waals surface area (Å²) in [6.07, 6.45) is 0. The van der Waals surface area contributed by atoms with Crippen molar-refractivity contribution in [3.05, 3.63) is 18.2 Å². The van der Waals surface area contributed by atoms with Crippen molar-refractivity contribution in [2.45, 2.75) is 6.92 Å². The Hall–Kier alpha value is -2.32. The molecule has 0 atom stereocenters. The quantitative estimate of drug-likeness (QED) is 0.735. The van der Waals surface area contributed by atoms with Crippen molar-refractivity contribution in [2.75, 3.05) is 65.5 Å². The highest BCUT2D eigenvalue weighted by Crippen LogP contribution is 2.29. The normalized spacial score (nSPS) is 14.6. The zero-order valence-electron chi connectivity index (χ0n) is 15.6. The number of amides is 2. The van der Waals surface area contributed by atoms with Crippen molar-refractivity contribution in [1.29, 1.82) is 0 Å². The van der Waals surface area contributed by atoms with Crippen molar-refractivity contribution in [3.8, 4) is 11.5 Å². The highest BCUT2D eigenvalue weighted by Gasteiger charge is 2.17. The number of rotatable bonds is 8. The van der Waals surface area contributed by atoms with Crippen LogP contribution in [0.15, 0.2) is 18.2 Å². The monoisotopic (exact) mass is 365 g/mol. The zero-order chi connectivity index (χ0) is 18.9. The average Bonchev–Trinajstić information content (AvgIpc) is 2.65. The molecule has 8 nitrogen and oxygen atoms in total. The van der Waals surface area contributed by atoms with Crippen LogP contribution in [0.25, 0.3) is 0 Å². The van der Waals surface area contributed by atoms with Crippen molar-refractivity contribution in [1.82, 2.24) is 9.80 Å². The second-order valence-corrected chi connectivity index (χ2v) is 6.01. The number of carbonyl (C=O) groups excluding carboxylic acids is 2. The molecule has 1 heterocycles. The predicted molar refractivity (Wildman–Crippen MR) is 97.7 cm³/mol. The molecule has 0 spiro atoms. The van der Waals surface area contributed by atoms with Crippen LogP contribution in [0.2, 0.25) is 0 Å². The van der Waals surface area contributed by atoms with Gasteiger partial charge in [-0.1, -0.05) is 0 Å². The van der Waals surface area contributed by atoms with Gasteiger partial charge in [-0.3, -0.25) is 14.5 Å². The highest BCUT2D eigenvalue weighted by atomic mass is 16.5. The number of nitrogens with one attached hydrogen (secondary N) is 1. The maximum Gasteiger partial charge on any atom is 0.243 e. The van der Waals surface area contributed by atoms with E-state index in [1.54, 1.807) is 30.2 Å². The van der Waals surface area contributed by atoms with Gasteiger partial charge in [-0.25, -0.2) is 0 Å². The van der Waals surface area contributed by atoms with Crippen LogP contribution >= 0.6 is 0 Å². The summed E-state index contributed by atoms with van der Waals surface area (Å²) in [5, 5.41) is 2.79. The molecule has 26 heavy (non-hydrogen) atoms. The van der Waals surface area contributed by atoms with Gasteiger partial charge in [-0.2, -0.15) is 0 Å². The number of benzene rings is 1. The van der Waals surface area contributed by atoms with E-state index >= 15 is 0 Å². The molecule has 0 bridgehead atoms. The standard InChI is InChI=1S/C18H27N3O5/c1-14(22)21(7-6-20-8-10-26-11-9-20)13-18(23)19-15-4-5-16(24-2)17(12-15)25-3/h4-5,12H,6-11,13H2,1-3H3,(H,19,23). The third kappa shape index (κ3) is 5.89.